The Labute approximate surface area is 71.9 Å². The van der Waals surface area contributed by atoms with Crippen LogP contribution in [0.3, 0.4) is 0 Å². The number of rotatable bonds is 3. The summed E-state index contributed by atoms with van der Waals surface area (Å²) in [4.78, 5) is 0. The quantitative estimate of drug-likeness (QED) is 0.741. The molecule has 1 aliphatic rings. The summed E-state index contributed by atoms with van der Waals surface area (Å²) in [5.41, 5.74) is 6.81. The maximum atomic E-state index is 5.94. The van der Waals surface area contributed by atoms with E-state index in [4.69, 9.17) is 10.3 Å². The fourth-order valence-corrected chi connectivity index (χ4v) is 1.30. The summed E-state index contributed by atoms with van der Waals surface area (Å²) >= 11 is 0. The van der Waals surface area contributed by atoms with Crippen LogP contribution in [0, 0.1) is 0 Å². The smallest absolute Gasteiger partial charge is 0.156 e. The first-order chi connectivity index (χ1) is 5.74. The van der Waals surface area contributed by atoms with Crippen molar-refractivity contribution in [3.8, 4) is 0 Å². The number of nitrogens with zero attached hydrogens (tertiary/aromatic N) is 1. The third-order valence-corrected chi connectivity index (χ3v) is 2.34. The van der Waals surface area contributed by atoms with Gasteiger partial charge in [0.15, 0.2) is 5.76 Å². The highest BCUT2D eigenvalue weighted by Gasteiger charge is 2.43. The van der Waals surface area contributed by atoms with Gasteiger partial charge in [0, 0.05) is 6.07 Å². The van der Waals surface area contributed by atoms with Gasteiger partial charge in [-0.05, 0) is 19.3 Å². The highest BCUT2D eigenvalue weighted by Crippen LogP contribution is 2.42. The van der Waals surface area contributed by atoms with Crippen LogP contribution >= 0.6 is 0 Å². The average molecular weight is 166 g/mol. The van der Waals surface area contributed by atoms with Gasteiger partial charge in [-0.15, -0.1) is 0 Å². The molecule has 0 amide bonds. The molecule has 0 unspecified atom stereocenters. The van der Waals surface area contributed by atoms with E-state index in [0.717, 1.165) is 37.1 Å². The standard InChI is InChI=1S/C9H14N2O/c1-2-3-7-6-8(12-11-7)9(10)4-5-9/h6H,2-5,10H2,1H3. The van der Waals surface area contributed by atoms with Crippen molar-refractivity contribution >= 4 is 0 Å². The van der Waals surface area contributed by atoms with E-state index >= 15 is 0 Å². The number of aromatic nitrogens is 1. The molecule has 0 radical (unpaired) electrons. The van der Waals surface area contributed by atoms with Crippen LogP contribution in [0.5, 0.6) is 0 Å². The van der Waals surface area contributed by atoms with Crippen LogP contribution in [0.25, 0.3) is 0 Å². The van der Waals surface area contributed by atoms with Gasteiger partial charge in [-0.2, -0.15) is 0 Å². The molecule has 1 fully saturated rings. The third-order valence-electron chi connectivity index (χ3n) is 2.34. The molecule has 2 N–H and O–H groups in total. The third kappa shape index (κ3) is 1.25. The minimum absolute atomic E-state index is 0.168. The molecule has 0 aliphatic heterocycles. The van der Waals surface area contributed by atoms with E-state index in [9.17, 15) is 0 Å². The highest BCUT2D eigenvalue weighted by molar-refractivity contribution is 5.20. The lowest BCUT2D eigenvalue weighted by Crippen LogP contribution is -2.17. The van der Waals surface area contributed by atoms with Crippen molar-refractivity contribution in [3.05, 3.63) is 17.5 Å². The van der Waals surface area contributed by atoms with Crippen molar-refractivity contribution in [1.82, 2.24) is 5.16 Å². The molecule has 3 heteroatoms. The lowest BCUT2D eigenvalue weighted by molar-refractivity contribution is 0.350. The number of hydrogen-bond donors (Lipinski definition) is 1. The van der Waals surface area contributed by atoms with E-state index in [1.165, 1.54) is 0 Å². The van der Waals surface area contributed by atoms with Gasteiger partial charge in [-0.3, -0.25) is 0 Å². The lowest BCUT2D eigenvalue weighted by Gasteiger charge is -1.99. The van der Waals surface area contributed by atoms with Gasteiger partial charge in [0.25, 0.3) is 0 Å². The first kappa shape index (κ1) is 7.80. The molecule has 1 aromatic heterocycles. The summed E-state index contributed by atoms with van der Waals surface area (Å²) in [6, 6.07) is 2.00. The molecular weight excluding hydrogens is 152 g/mol. The average Bonchev–Trinajstić information content (AvgIpc) is 2.64. The highest BCUT2D eigenvalue weighted by atomic mass is 16.5. The summed E-state index contributed by atoms with van der Waals surface area (Å²) < 4.78 is 5.17. The molecule has 0 aromatic carbocycles. The van der Waals surface area contributed by atoms with Crippen LogP contribution in [0.1, 0.15) is 37.6 Å². The Balaban J connectivity index is 2.13. The van der Waals surface area contributed by atoms with Crippen molar-refractivity contribution in [3.63, 3.8) is 0 Å². The van der Waals surface area contributed by atoms with Crippen LogP contribution < -0.4 is 5.73 Å². The van der Waals surface area contributed by atoms with Crippen molar-refractivity contribution in [2.75, 3.05) is 0 Å². The predicted octanol–water partition coefficient (Wildman–Crippen LogP) is 1.57. The SMILES string of the molecule is CCCc1cc(C2(N)CC2)on1. The Morgan fingerprint density at radius 3 is 3.00 bits per heavy atom. The van der Waals surface area contributed by atoms with Gasteiger partial charge in [0.1, 0.15) is 0 Å². The first-order valence-corrected chi connectivity index (χ1v) is 4.49. The summed E-state index contributed by atoms with van der Waals surface area (Å²) in [5, 5.41) is 3.96. The van der Waals surface area contributed by atoms with Gasteiger partial charge in [-0.1, -0.05) is 18.5 Å². The monoisotopic (exact) mass is 166 g/mol. The van der Waals surface area contributed by atoms with Crippen LogP contribution in [-0.2, 0) is 12.0 Å². The molecule has 1 aliphatic carbocycles. The number of hydrogen-bond acceptors (Lipinski definition) is 3. The largest absolute Gasteiger partial charge is 0.359 e. The Morgan fingerprint density at radius 1 is 1.67 bits per heavy atom. The summed E-state index contributed by atoms with van der Waals surface area (Å²) in [6.45, 7) is 2.13. The first-order valence-electron chi connectivity index (χ1n) is 4.49. The van der Waals surface area contributed by atoms with Crippen molar-refractivity contribution in [1.29, 1.82) is 0 Å². The maximum Gasteiger partial charge on any atom is 0.156 e. The Morgan fingerprint density at radius 2 is 2.42 bits per heavy atom. The molecule has 0 saturated heterocycles. The molecule has 3 nitrogen and oxygen atoms in total. The topological polar surface area (TPSA) is 52.0 Å². The fourth-order valence-electron chi connectivity index (χ4n) is 1.30. The summed E-state index contributed by atoms with van der Waals surface area (Å²) in [6.07, 6.45) is 4.16. The van der Waals surface area contributed by atoms with Crippen molar-refractivity contribution in [2.24, 2.45) is 5.73 Å². The molecule has 0 atom stereocenters. The van der Waals surface area contributed by atoms with Crippen LogP contribution in [-0.4, -0.2) is 5.16 Å². The van der Waals surface area contributed by atoms with Gasteiger partial charge >= 0.3 is 0 Å². The van der Waals surface area contributed by atoms with E-state index in [1.807, 2.05) is 6.07 Å². The second kappa shape index (κ2) is 2.59. The maximum absolute atomic E-state index is 5.94. The Hall–Kier alpha value is -0.830. The zero-order valence-corrected chi connectivity index (χ0v) is 7.34. The lowest BCUT2D eigenvalue weighted by atomic mass is 10.2. The molecule has 0 bridgehead atoms. The summed E-state index contributed by atoms with van der Waals surface area (Å²) in [5.74, 6) is 0.867. The van der Waals surface area contributed by atoms with E-state index in [1.54, 1.807) is 0 Å². The normalized spacial score (nSPS) is 19.5. The van der Waals surface area contributed by atoms with Gasteiger partial charge in [0.2, 0.25) is 0 Å². The molecule has 1 aromatic rings. The molecule has 1 saturated carbocycles. The second-order valence-electron chi connectivity index (χ2n) is 3.59. The molecular formula is C9H14N2O. The van der Waals surface area contributed by atoms with E-state index in [0.29, 0.717) is 0 Å². The van der Waals surface area contributed by atoms with Crippen LogP contribution in [0.15, 0.2) is 10.6 Å². The van der Waals surface area contributed by atoms with Gasteiger partial charge in [0.05, 0.1) is 11.2 Å². The van der Waals surface area contributed by atoms with Gasteiger partial charge < -0.3 is 10.3 Å². The van der Waals surface area contributed by atoms with Crippen LogP contribution in [0.4, 0.5) is 0 Å². The molecule has 12 heavy (non-hydrogen) atoms. The molecule has 2 rings (SSSR count). The Kier molecular flexibility index (Phi) is 1.68. The summed E-state index contributed by atoms with van der Waals surface area (Å²) in [7, 11) is 0. The number of nitrogens with two attached hydrogens (primary N) is 1. The zero-order valence-electron chi connectivity index (χ0n) is 7.34. The Bertz CT molecular complexity index is 276. The van der Waals surface area contributed by atoms with Crippen LogP contribution in [0.2, 0.25) is 0 Å². The van der Waals surface area contributed by atoms with E-state index in [-0.39, 0.29) is 5.54 Å². The molecule has 66 valence electrons. The van der Waals surface area contributed by atoms with Crippen molar-refractivity contribution < 1.29 is 4.52 Å². The zero-order chi connectivity index (χ0) is 8.60. The minimum atomic E-state index is -0.168. The molecule has 1 heterocycles. The van der Waals surface area contributed by atoms with E-state index in [2.05, 4.69) is 12.1 Å². The number of aryl methyl sites for hydroxylation is 1. The fraction of sp³-hybridized carbons (Fsp3) is 0.667. The van der Waals surface area contributed by atoms with Crippen molar-refractivity contribution in [2.45, 2.75) is 38.1 Å². The van der Waals surface area contributed by atoms with Gasteiger partial charge in [-0.25, -0.2) is 0 Å². The minimum Gasteiger partial charge on any atom is -0.359 e. The van der Waals surface area contributed by atoms with E-state index < -0.39 is 0 Å². The predicted molar refractivity (Wildman–Crippen MR) is 45.6 cm³/mol. The molecule has 0 spiro atoms. The second-order valence-corrected chi connectivity index (χ2v) is 3.59.